The number of Topliss-reactive ketones (excluding diaryl/α,β-unsaturated/α-hetero) is 1. The van der Waals surface area contributed by atoms with Crippen LogP contribution >= 0.6 is 0 Å². The van der Waals surface area contributed by atoms with Crippen LogP contribution in [0.1, 0.15) is 24.2 Å². The quantitative estimate of drug-likeness (QED) is 0.455. The number of alkyl halides is 1. The molecule has 5 nitrogen and oxygen atoms in total. The van der Waals surface area contributed by atoms with Gasteiger partial charge < -0.3 is 14.2 Å². The van der Waals surface area contributed by atoms with Crippen LogP contribution in [-0.2, 0) is 9.53 Å². The van der Waals surface area contributed by atoms with Crippen LogP contribution in [0.25, 0.3) is 0 Å². The molecule has 110 valence electrons. The molecule has 6 heteroatoms. The van der Waals surface area contributed by atoms with Crippen molar-refractivity contribution < 1.29 is 28.2 Å². The van der Waals surface area contributed by atoms with E-state index in [-0.39, 0.29) is 11.3 Å². The van der Waals surface area contributed by atoms with Gasteiger partial charge in [0.2, 0.25) is 5.78 Å². The molecule has 0 aromatic heterocycles. The van der Waals surface area contributed by atoms with E-state index in [0.29, 0.717) is 5.75 Å². The summed E-state index contributed by atoms with van der Waals surface area (Å²) >= 11 is 0. The van der Waals surface area contributed by atoms with Crippen LogP contribution < -0.4 is 9.47 Å². The van der Waals surface area contributed by atoms with Crippen molar-refractivity contribution in [1.82, 2.24) is 0 Å². The van der Waals surface area contributed by atoms with Gasteiger partial charge in [0.1, 0.15) is 0 Å². The van der Waals surface area contributed by atoms with E-state index < -0.39 is 24.0 Å². The Kier molecular flexibility index (Phi) is 5.49. The van der Waals surface area contributed by atoms with Crippen LogP contribution in [0.2, 0.25) is 0 Å². The van der Waals surface area contributed by atoms with Gasteiger partial charge in [0.25, 0.3) is 6.17 Å². The lowest BCUT2D eigenvalue weighted by Gasteiger charge is -2.12. The Balaban J connectivity index is 2.94. The van der Waals surface area contributed by atoms with Crippen molar-refractivity contribution in [1.29, 1.82) is 0 Å². The van der Waals surface area contributed by atoms with Crippen molar-refractivity contribution >= 4 is 11.8 Å². The van der Waals surface area contributed by atoms with Gasteiger partial charge in [-0.25, -0.2) is 9.18 Å². The van der Waals surface area contributed by atoms with Crippen LogP contribution in [0.15, 0.2) is 18.2 Å². The van der Waals surface area contributed by atoms with Gasteiger partial charge in [0.15, 0.2) is 11.5 Å². The number of carbonyl (C=O) groups excluding carboxylic acids is 2. The summed E-state index contributed by atoms with van der Waals surface area (Å²) in [4.78, 5) is 23.2. The summed E-state index contributed by atoms with van der Waals surface area (Å²) in [5.74, 6) is -1.48. The number of halogens is 1. The highest BCUT2D eigenvalue weighted by Gasteiger charge is 2.30. The minimum atomic E-state index is -2.35. The molecule has 0 spiro atoms. The van der Waals surface area contributed by atoms with E-state index in [4.69, 9.17) is 9.47 Å². The van der Waals surface area contributed by atoms with E-state index in [1.807, 2.05) is 0 Å². The topological polar surface area (TPSA) is 61.8 Å². The van der Waals surface area contributed by atoms with Gasteiger partial charge in [-0.05, 0) is 32.0 Å². The van der Waals surface area contributed by atoms with Crippen LogP contribution in [0, 0.1) is 0 Å². The Morgan fingerprint density at radius 1 is 1.10 bits per heavy atom. The number of hydrogen-bond acceptors (Lipinski definition) is 5. The molecule has 1 unspecified atom stereocenters. The Bertz CT molecular complexity index is 498. The van der Waals surface area contributed by atoms with Crippen molar-refractivity contribution in [2.24, 2.45) is 0 Å². The van der Waals surface area contributed by atoms with E-state index in [1.165, 1.54) is 32.4 Å². The minimum absolute atomic E-state index is 0.0101. The number of hydrogen-bond donors (Lipinski definition) is 0. The highest BCUT2D eigenvalue weighted by molar-refractivity contribution is 6.11. The van der Waals surface area contributed by atoms with E-state index in [0.717, 1.165) is 0 Å². The van der Waals surface area contributed by atoms with Gasteiger partial charge in [-0.3, -0.25) is 4.79 Å². The van der Waals surface area contributed by atoms with Gasteiger partial charge in [-0.2, -0.15) is 0 Å². The molecule has 1 rings (SSSR count). The number of esters is 1. The third kappa shape index (κ3) is 3.69. The molecule has 1 aromatic rings. The fraction of sp³-hybridized carbons (Fsp3) is 0.429. The molecule has 0 fully saturated rings. The van der Waals surface area contributed by atoms with Crippen molar-refractivity contribution in [3.8, 4) is 11.5 Å². The first-order valence-corrected chi connectivity index (χ1v) is 6.01. The highest BCUT2D eigenvalue weighted by Crippen LogP contribution is 2.28. The second kappa shape index (κ2) is 6.88. The van der Waals surface area contributed by atoms with Gasteiger partial charge in [0, 0.05) is 5.56 Å². The minimum Gasteiger partial charge on any atom is -0.493 e. The summed E-state index contributed by atoms with van der Waals surface area (Å²) in [5, 5.41) is 0. The first kappa shape index (κ1) is 15.9. The maximum absolute atomic E-state index is 13.8. The third-order valence-electron chi connectivity index (χ3n) is 2.46. The molecular weight excluding hydrogens is 267 g/mol. The molecule has 20 heavy (non-hydrogen) atoms. The number of rotatable bonds is 6. The van der Waals surface area contributed by atoms with Crippen LogP contribution in [0.5, 0.6) is 11.5 Å². The van der Waals surface area contributed by atoms with E-state index in [1.54, 1.807) is 13.8 Å². The predicted octanol–water partition coefficient (Wildman–Crippen LogP) is 2.18. The van der Waals surface area contributed by atoms with Crippen molar-refractivity contribution in [2.75, 3.05) is 14.2 Å². The third-order valence-corrected chi connectivity index (χ3v) is 2.46. The summed E-state index contributed by atoms with van der Waals surface area (Å²) in [6, 6.07) is 4.14. The van der Waals surface area contributed by atoms with Crippen LogP contribution in [-0.4, -0.2) is 38.2 Å². The highest BCUT2D eigenvalue weighted by atomic mass is 19.1. The normalized spacial score (nSPS) is 11.9. The fourth-order valence-electron chi connectivity index (χ4n) is 1.53. The average Bonchev–Trinajstić information content (AvgIpc) is 2.44. The molecule has 0 N–H and O–H groups in total. The van der Waals surface area contributed by atoms with Gasteiger partial charge in [-0.1, -0.05) is 0 Å². The second-order valence-electron chi connectivity index (χ2n) is 4.28. The molecule has 0 radical (unpaired) electrons. The largest absolute Gasteiger partial charge is 0.493 e. The Labute approximate surface area is 116 Å². The van der Waals surface area contributed by atoms with Gasteiger partial charge in [0.05, 0.1) is 20.3 Å². The number of benzene rings is 1. The van der Waals surface area contributed by atoms with Crippen LogP contribution in [0.3, 0.4) is 0 Å². The molecule has 0 aliphatic rings. The monoisotopic (exact) mass is 284 g/mol. The van der Waals surface area contributed by atoms with E-state index >= 15 is 0 Å². The Morgan fingerprint density at radius 2 is 1.70 bits per heavy atom. The molecular formula is C14H17FO5. The lowest BCUT2D eigenvalue weighted by molar-refractivity contribution is -0.151. The smallest absolute Gasteiger partial charge is 0.349 e. The fourth-order valence-corrected chi connectivity index (χ4v) is 1.53. The maximum Gasteiger partial charge on any atom is 0.349 e. The number of methoxy groups -OCH3 is 2. The first-order valence-electron chi connectivity index (χ1n) is 6.01. The number of carbonyl (C=O) groups is 2. The summed E-state index contributed by atoms with van der Waals surface area (Å²) in [7, 11) is 2.84. The molecule has 0 saturated carbocycles. The summed E-state index contributed by atoms with van der Waals surface area (Å²) in [6.07, 6.45) is -2.84. The van der Waals surface area contributed by atoms with E-state index in [9.17, 15) is 14.0 Å². The summed E-state index contributed by atoms with van der Waals surface area (Å²) < 4.78 is 28.4. The van der Waals surface area contributed by atoms with Gasteiger partial charge >= 0.3 is 5.97 Å². The summed E-state index contributed by atoms with van der Waals surface area (Å²) in [5.41, 5.74) is 0.0101. The first-order chi connectivity index (χ1) is 9.40. The maximum atomic E-state index is 13.8. The van der Waals surface area contributed by atoms with E-state index in [2.05, 4.69) is 4.74 Å². The number of ketones is 1. The zero-order chi connectivity index (χ0) is 15.3. The van der Waals surface area contributed by atoms with Crippen molar-refractivity contribution in [3.05, 3.63) is 23.8 Å². The molecule has 0 saturated heterocycles. The predicted molar refractivity (Wildman–Crippen MR) is 70.0 cm³/mol. The SMILES string of the molecule is COc1ccc(C(=O)C(F)C(=O)OC(C)C)cc1OC. The molecule has 0 amide bonds. The number of ether oxygens (including phenoxy) is 3. The van der Waals surface area contributed by atoms with Crippen LogP contribution in [0.4, 0.5) is 4.39 Å². The second-order valence-corrected chi connectivity index (χ2v) is 4.28. The Morgan fingerprint density at radius 3 is 2.20 bits per heavy atom. The zero-order valence-corrected chi connectivity index (χ0v) is 11.8. The lowest BCUT2D eigenvalue weighted by Crippen LogP contribution is -2.29. The molecule has 0 aliphatic carbocycles. The molecule has 0 aliphatic heterocycles. The van der Waals surface area contributed by atoms with Crippen molar-refractivity contribution in [3.63, 3.8) is 0 Å². The van der Waals surface area contributed by atoms with Crippen molar-refractivity contribution in [2.45, 2.75) is 26.1 Å². The van der Waals surface area contributed by atoms with Gasteiger partial charge in [-0.15, -0.1) is 0 Å². The summed E-state index contributed by atoms with van der Waals surface area (Å²) in [6.45, 7) is 3.15. The molecule has 1 aromatic carbocycles. The molecule has 0 heterocycles. The standard InChI is InChI=1S/C14H17FO5/c1-8(2)20-14(17)12(15)13(16)9-5-6-10(18-3)11(7-9)19-4/h5-8,12H,1-4H3. The lowest BCUT2D eigenvalue weighted by atomic mass is 10.1. The Hall–Kier alpha value is -2.11. The average molecular weight is 284 g/mol. The molecule has 0 bridgehead atoms. The zero-order valence-electron chi connectivity index (χ0n) is 11.8. The molecule has 1 atom stereocenters.